The van der Waals surface area contributed by atoms with E-state index in [1.807, 2.05) is 30.5 Å². The lowest BCUT2D eigenvalue weighted by Gasteiger charge is -2.56. The van der Waals surface area contributed by atoms with Crippen molar-refractivity contribution in [2.24, 2.45) is 5.41 Å². The summed E-state index contributed by atoms with van der Waals surface area (Å²) in [5, 5.41) is 16.8. The Morgan fingerprint density at radius 2 is 1.70 bits per heavy atom. The third kappa shape index (κ3) is 8.54. The molecule has 6 atom stereocenters. The molecule has 5 aromatic rings. The highest BCUT2D eigenvalue weighted by atomic mass is 32.2. The average molecular weight is 1060 g/mol. The fourth-order valence-corrected chi connectivity index (χ4v) is 15.0. The Balaban J connectivity index is 0.741. The number of carbonyl (C=O) groups excluding carboxylic acids is 1. The van der Waals surface area contributed by atoms with Crippen LogP contribution in [0.5, 0.6) is 11.6 Å². The van der Waals surface area contributed by atoms with Gasteiger partial charge in [0.1, 0.15) is 24.0 Å². The second kappa shape index (κ2) is 18.9. The van der Waals surface area contributed by atoms with Crippen LogP contribution in [0, 0.1) is 15.5 Å². The SMILES string of the molecule is C[C@@H]1CO[C@@H]([C@H]2COc3cc(S(=O)(=O)NC(=O)c4ccc(N5CCC6(CC5)CC(N5CCC[C@H]5c5ccccc5C5CC5)C6)cc4N4c5cc6cc[nH]c6nc5O[C@@H]5COCC[C@@H]54)cc([N+](=O)[O-])c3N2)CN1C1COC1. The molecule has 2 aromatic heterocycles. The predicted octanol–water partition coefficient (Wildman–Crippen LogP) is 7.40. The van der Waals surface area contributed by atoms with Crippen LogP contribution in [0.25, 0.3) is 11.0 Å². The van der Waals surface area contributed by atoms with Crippen LogP contribution in [-0.2, 0) is 24.2 Å². The minimum absolute atomic E-state index is 0.00795. The van der Waals surface area contributed by atoms with Crippen molar-refractivity contribution >= 4 is 55.4 Å². The minimum atomic E-state index is -4.73. The number of hydrogen-bond acceptors (Lipinski definition) is 16. The number of sulfonamides is 1. The van der Waals surface area contributed by atoms with E-state index in [1.54, 1.807) is 17.2 Å². The van der Waals surface area contributed by atoms with E-state index in [0.29, 0.717) is 81.0 Å². The molecule has 1 spiro atoms. The molecule has 76 heavy (non-hydrogen) atoms. The number of aromatic nitrogens is 2. The van der Waals surface area contributed by atoms with Crippen molar-refractivity contribution in [3.63, 3.8) is 0 Å². The van der Waals surface area contributed by atoms with Gasteiger partial charge in [0.15, 0.2) is 11.4 Å². The average Bonchev–Trinajstić information content (AvgIpc) is 4.01. The number of nitro groups is 1. The van der Waals surface area contributed by atoms with Gasteiger partial charge in [-0.05, 0) is 124 Å². The molecular weight excluding hydrogens is 991 g/mol. The molecule has 19 nitrogen and oxygen atoms in total. The van der Waals surface area contributed by atoms with Crippen LogP contribution in [0.2, 0.25) is 0 Å². The summed E-state index contributed by atoms with van der Waals surface area (Å²) in [5.41, 5.74) is 5.80. The Kier molecular flexibility index (Phi) is 12.0. The van der Waals surface area contributed by atoms with Crippen LogP contribution < -0.4 is 29.3 Å². The first-order chi connectivity index (χ1) is 37.0. The highest BCUT2D eigenvalue weighted by Gasteiger charge is 2.51. The molecule has 9 aliphatic rings. The quantitative estimate of drug-likeness (QED) is 0.0870. The van der Waals surface area contributed by atoms with Crippen LogP contribution in [0.3, 0.4) is 0 Å². The number of hydrogen-bond donors (Lipinski definition) is 3. The van der Waals surface area contributed by atoms with E-state index in [0.717, 1.165) is 55.5 Å². The summed E-state index contributed by atoms with van der Waals surface area (Å²) >= 11 is 0. The predicted molar refractivity (Wildman–Crippen MR) is 283 cm³/mol. The van der Waals surface area contributed by atoms with Crippen LogP contribution in [-0.4, -0.2) is 147 Å². The number of nitro benzene ring substituents is 1. The Hall–Kier alpha value is -6.03. The fraction of sp³-hybridized carbons (Fsp3) is 0.536. The van der Waals surface area contributed by atoms with Gasteiger partial charge >= 0.3 is 0 Å². The van der Waals surface area contributed by atoms with E-state index in [4.69, 9.17) is 28.7 Å². The molecule has 14 rings (SSSR count). The molecule has 0 unspecified atom stereocenters. The van der Waals surface area contributed by atoms with Crippen LogP contribution in [0.1, 0.15) is 98.2 Å². The fourth-order valence-electron chi connectivity index (χ4n) is 14.0. The van der Waals surface area contributed by atoms with Gasteiger partial charge in [-0.2, -0.15) is 4.98 Å². The van der Waals surface area contributed by atoms with Crippen molar-refractivity contribution in [3.8, 4) is 11.6 Å². The second-order valence-electron chi connectivity index (χ2n) is 22.9. The number of amides is 1. The number of nitrogens with zero attached hydrogens (tertiary/aromatic N) is 6. The van der Waals surface area contributed by atoms with Gasteiger partial charge in [-0.1, -0.05) is 24.3 Å². The molecule has 9 heterocycles. The van der Waals surface area contributed by atoms with E-state index in [-0.39, 0.29) is 53.3 Å². The summed E-state index contributed by atoms with van der Waals surface area (Å²) in [5.74, 6) is 0.202. The van der Waals surface area contributed by atoms with Gasteiger partial charge in [-0.15, -0.1) is 0 Å². The van der Waals surface area contributed by atoms with E-state index in [1.165, 1.54) is 44.6 Å². The van der Waals surface area contributed by atoms with Gasteiger partial charge in [0.25, 0.3) is 21.6 Å². The zero-order valence-electron chi connectivity index (χ0n) is 42.7. The lowest BCUT2D eigenvalue weighted by Crippen LogP contribution is -2.62. The molecule has 1 amide bonds. The maximum Gasteiger partial charge on any atom is 0.297 e. The third-order valence-electron chi connectivity index (χ3n) is 18.3. The lowest BCUT2D eigenvalue weighted by atomic mass is 9.59. The van der Waals surface area contributed by atoms with Crippen molar-refractivity contribution in [3.05, 3.63) is 99.7 Å². The number of morpholine rings is 1. The van der Waals surface area contributed by atoms with Crippen LogP contribution in [0.4, 0.5) is 28.4 Å². The number of anilines is 4. The Labute approximate surface area is 441 Å². The summed E-state index contributed by atoms with van der Waals surface area (Å²) in [6, 6.07) is 21.8. The third-order valence-corrected chi connectivity index (χ3v) is 19.6. The first kappa shape index (κ1) is 48.3. The van der Waals surface area contributed by atoms with Crippen LogP contribution in [0.15, 0.2) is 77.8 Å². The number of benzene rings is 3. The minimum Gasteiger partial charge on any atom is -0.489 e. The maximum absolute atomic E-state index is 14.9. The van der Waals surface area contributed by atoms with Gasteiger partial charge in [0.05, 0.1) is 71.7 Å². The molecule has 400 valence electrons. The Morgan fingerprint density at radius 1 is 0.868 bits per heavy atom. The standard InChI is InChI=1S/C56H65N9O10S/c1-33-28-73-50(27-63(33)38-29-72-30-38)43-31-74-49-24-39(23-47(65(67)68)52(49)58-43)76(69,70)60-54(66)42-11-10-36(22-46(42)64-45-13-20-71-32-51(45)75-55-48(64)21-35-12-16-57-53(35)59-55)61-18-14-56(15-19-61)25-37(26-56)62-17-4-7-44(62)41-6-3-2-5-40(41)34-8-9-34/h2-3,5-6,10-12,16,21-24,33-34,37-38,43-45,50-51,58H,4,7-9,13-15,17-20,25-32H2,1H3,(H,57,59)(H,60,66)/t33-,43-,44+,45+,50-,51-/m1/s1. The summed E-state index contributed by atoms with van der Waals surface area (Å²) < 4.78 is 61.6. The molecule has 7 aliphatic heterocycles. The van der Waals surface area contributed by atoms with Crippen LogP contribution >= 0.6 is 0 Å². The molecule has 2 aliphatic carbocycles. The lowest BCUT2D eigenvalue weighted by molar-refractivity contribution is -0.384. The van der Waals surface area contributed by atoms with E-state index >= 15 is 0 Å². The highest BCUT2D eigenvalue weighted by molar-refractivity contribution is 7.90. The van der Waals surface area contributed by atoms with E-state index < -0.39 is 43.6 Å². The summed E-state index contributed by atoms with van der Waals surface area (Å²) in [7, 11) is -4.73. The van der Waals surface area contributed by atoms with Gasteiger partial charge in [0, 0.05) is 73.8 Å². The smallest absolute Gasteiger partial charge is 0.297 e. The number of nitrogens with one attached hydrogen (secondary N) is 3. The van der Waals surface area contributed by atoms with E-state index in [9.17, 15) is 23.3 Å². The first-order valence-electron chi connectivity index (χ1n) is 27.5. The molecule has 0 radical (unpaired) electrons. The second-order valence-corrected chi connectivity index (χ2v) is 24.6. The zero-order valence-corrected chi connectivity index (χ0v) is 43.5. The number of rotatable bonds is 11. The number of H-pyrrole nitrogens is 1. The largest absolute Gasteiger partial charge is 0.489 e. The van der Waals surface area contributed by atoms with Crippen molar-refractivity contribution in [1.82, 2.24) is 24.5 Å². The highest BCUT2D eigenvalue weighted by Crippen LogP contribution is 2.56. The number of aromatic amines is 1. The van der Waals surface area contributed by atoms with E-state index in [2.05, 4.69) is 65.8 Å². The molecule has 0 bridgehead atoms. The van der Waals surface area contributed by atoms with Gasteiger partial charge in [0.2, 0.25) is 5.88 Å². The first-order valence-corrected chi connectivity index (χ1v) is 28.9. The number of fused-ring (bicyclic) bond motifs is 4. The van der Waals surface area contributed by atoms with Gasteiger partial charge < -0.3 is 43.8 Å². The number of likely N-dealkylation sites (tertiary alicyclic amines) is 1. The van der Waals surface area contributed by atoms with Crippen molar-refractivity contribution in [2.75, 3.05) is 80.9 Å². The van der Waals surface area contributed by atoms with Gasteiger partial charge in [-0.3, -0.25) is 24.7 Å². The molecule has 3 aromatic carbocycles. The van der Waals surface area contributed by atoms with Crippen molar-refractivity contribution < 1.29 is 41.8 Å². The summed E-state index contributed by atoms with van der Waals surface area (Å²) in [6.45, 7) is 8.14. The normalized spacial score (nSPS) is 27.8. The molecular formula is C56H65N9O10S. The summed E-state index contributed by atoms with van der Waals surface area (Å²) in [4.78, 5) is 44.2. The van der Waals surface area contributed by atoms with Crippen molar-refractivity contribution in [1.29, 1.82) is 0 Å². The topological polar surface area (TPSA) is 206 Å². The number of pyridine rings is 1. The van der Waals surface area contributed by atoms with Crippen molar-refractivity contribution in [2.45, 2.75) is 124 Å². The monoisotopic (exact) mass is 1060 g/mol. The zero-order chi connectivity index (χ0) is 51.5. The number of piperidine rings is 1. The number of ether oxygens (including phenoxy) is 5. The Bertz CT molecular complexity index is 3200. The molecule has 7 fully saturated rings. The molecule has 20 heteroatoms. The molecule has 3 N–H and O–H groups in total. The Morgan fingerprint density at radius 3 is 2.49 bits per heavy atom. The molecule has 5 saturated heterocycles. The molecule has 2 saturated carbocycles. The summed E-state index contributed by atoms with van der Waals surface area (Å²) in [6.07, 6.45) is 11.2. The van der Waals surface area contributed by atoms with Gasteiger partial charge in [-0.25, -0.2) is 13.1 Å². The number of carbonyl (C=O) groups is 1. The maximum atomic E-state index is 14.9.